The number of alkyl halides is 1. The number of nitrogens with one attached hydrogen (secondary N) is 1. The number of nitrogen functional groups attached to an aromatic ring is 1. The Bertz CT molecular complexity index is 478. The van der Waals surface area contributed by atoms with Gasteiger partial charge in [-0.1, -0.05) is 28.1 Å². The van der Waals surface area contributed by atoms with E-state index in [4.69, 9.17) is 5.84 Å². The summed E-state index contributed by atoms with van der Waals surface area (Å²) in [5, 5.41) is 0.778. The third-order valence-electron chi connectivity index (χ3n) is 2.99. The lowest BCUT2D eigenvalue weighted by molar-refractivity contribution is -0.117. The van der Waals surface area contributed by atoms with E-state index in [-0.39, 0.29) is 17.7 Å². The predicted octanol–water partition coefficient (Wildman–Crippen LogP) is 1.04. The van der Waals surface area contributed by atoms with Crippen molar-refractivity contribution in [1.29, 1.82) is 0 Å². The van der Waals surface area contributed by atoms with E-state index in [0.29, 0.717) is 24.2 Å². The van der Waals surface area contributed by atoms with Crippen LogP contribution in [0, 0.1) is 5.92 Å². The van der Waals surface area contributed by atoms with Crippen LogP contribution in [-0.2, 0) is 4.79 Å². The molecular weight excluding hydrogens is 298 g/mol. The van der Waals surface area contributed by atoms with Gasteiger partial charge in [-0.15, -0.1) is 0 Å². The molecule has 6 heteroatoms. The molecule has 1 aliphatic rings. The molecule has 1 saturated heterocycles. The van der Waals surface area contributed by atoms with Gasteiger partial charge in [0.15, 0.2) is 0 Å². The number of amides is 2. The van der Waals surface area contributed by atoms with Gasteiger partial charge >= 0.3 is 0 Å². The van der Waals surface area contributed by atoms with Gasteiger partial charge in [-0.25, -0.2) is 5.84 Å². The van der Waals surface area contributed by atoms with Gasteiger partial charge in [0.25, 0.3) is 5.91 Å². The number of hydrazine groups is 1. The summed E-state index contributed by atoms with van der Waals surface area (Å²) in [6, 6.07) is 6.97. The highest BCUT2D eigenvalue weighted by atomic mass is 79.9. The van der Waals surface area contributed by atoms with Crippen LogP contribution in [0.25, 0.3) is 0 Å². The molecule has 0 aliphatic carbocycles. The second-order valence-electron chi connectivity index (χ2n) is 4.22. The van der Waals surface area contributed by atoms with E-state index >= 15 is 0 Å². The first-order chi connectivity index (χ1) is 8.67. The van der Waals surface area contributed by atoms with Gasteiger partial charge in [-0.05, 0) is 18.1 Å². The quantitative estimate of drug-likeness (QED) is 0.379. The van der Waals surface area contributed by atoms with Crippen LogP contribution in [0.1, 0.15) is 16.8 Å². The first-order valence-corrected chi connectivity index (χ1v) is 6.75. The third-order valence-corrected chi connectivity index (χ3v) is 3.91. The highest BCUT2D eigenvalue weighted by Gasteiger charge is 2.31. The Kier molecular flexibility index (Phi) is 3.98. The van der Waals surface area contributed by atoms with Crippen LogP contribution in [0.15, 0.2) is 24.3 Å². The monoisotopic (exact) mass is 311 g/mol. The van der Waals surface area contributed by atoms with Crippen molar-refractivity contribution < 1.29 is 9.59 Å². The normalized spacial score (nSPS) is 19.1. The zero-order chi connectivity index (χ0) is 13.1. The summed E-state index contributed by atoms with van der Waals surface area (Å²) in [4.78, 5) is 25.3. The average Bonchev–Trinajstić information content (AvgIpc) is 2.79. The Hall–Kier alpha value is -1.40. The van der Waals surface area contributed by atoms with Gasteiger partial charge < -0.3 is 4.90 Å². The van der Waals surface area contributed by atoms with Gasteiger partial charge in [-0.2, -0.15) is 0 Å². The van der Waals surface area contributed by atoms with E-state index in [0.717, 1.165) is 5.33 Å². The van der Waals surface area contributed by atoms with Crippen LogP contribution in [0.3, 0.4) is 0 Å². The number of nitrogens with zero attached hydrogens (tertiary/aromatic N) is 1. The lowest BCUT2D eigenvalue weighted by Gasteiger charge is -2.19. The molecule has 2 rings (SSSR count). The molecule has 0 saturated carbocycles. The van der Waals surface area contributed by atoms with E-state index in [1.165, 1.54) is 0 Å². The molecule has 0 aromatic heterocycles. The van der Waals surface area contributed by atoms with Crippen molar-refractivity contribution >= 4 is 33.4 Å². The maximum atomic E-state index is 11.9. The molecule has 0 bridgehead atoms. The smallest absolute Gasteiger partial charge is 0.267 e. The van der Waals surface area contributed by atoms with Gasteiger partial charge in [0.1, 0.15) is 0 Å². The first-order valence-electron chi connectivity index (χ1n) is 5.63. The number of hydrogen-bond donors (Lipinski definition) is 2. The minimum Gasteiger partial charge on any atom is -0.311 e. The van der Waals surface area contributed by atoms with Gasteiger partial charge in [0.2, 0.25) is 5.91 Å². The SMILES string of the molecule is NNC(=O)c1ccccc1N1CC(CBr)CC1=O. The van der Waals surface area contributed by atoms with E-state index < -0.39 is 0 Å². The molecule has 1 unspecified atom stereocenters. The number of carbonyl (C=O) groups excluding carboxylic acids is 2. The van der Waals surface area contributed by atoms with Crippen LogP contribution in [0.5, 0.6) is 0 Å². The standard InChI is InChI=1S/C12H14BrN3O2/c13-6-8-5-11(17)16(7-8)10-4-2-1-3-9(10)12(18)15-14/h1-4,8H,5-7,14H2,(H,15,18). The molecule has 18 heavy (non-hydrogen) atoms. The highest BCUT2D eigenvalue weighted by Crippen LogP contribution is 2.28. The summed E-state index contributed by atoms with van der Waals surface area (Å²) in [6.07, 6.45) is 0.504. The second kappa shape index (κ2) is 5.49. The van der Waals surface area contributed by atoms with E-state index in [2.05, 4.69) is 21.4 Å². The van der Waals surface area contributed by atoms with Crippen molar-refractivity contribution in [2.75, 3.05) is 16.8 Å². The number of rotatable bonds is 3. The molecule has 1 aromatic rings. The van der Waals surface area contributed by atoms with Gasteiger partial charge in [0, 0.05) is 18.3 Å². The lowest BCUT2D eigenvalue weighted by atomic mass is 10.1. The molecule has 5 nitrogen and oxygen atoms in total. The fraction of sp³-hybridized carbons (Fsp3) is 0.333. The van der Waals surface area contributed by atoms with Gasteiger partial charge in [-0.3, -0.25) is 15.0 Å². The zero-order valence-corrected chi connectivity index (χ0v) is 11.3. The molecule has 1 atom stereocenters. The minimum atomic E-state index is -0.388. The van der Waals surface area contributed by atoms with Gasteiger partial charge in [0.05, 0.1) is 11.3 Å². The maximum absolute atomic E-state index is 11.9. The van der Waals surface area contributed by atoms with E-state index in [9.17, 15) is 9.59 Å². The number of carbonyl (C=O) groups is 2. The Morgan fingerprint density at radius 3 is 2.83 bits per heavy atom. The fourth-order valence-electron chi connectivity index (χ4n) is 2.10. The number of nitrogens with two attached hydrogens (primary N) is 1. The minimum absolute atomic E-state index is 0.0386. The van der Waals surface area contributed by atoms with Crippen LogP contribution in [-0.4, -0.2) is 23.7 Å². The van der Waals surface area contributed by atoms with Crippen LogP contribution in [0.4, 0.5) is 5.69 Å². The van der Waals surface area contributed by atoms with Crippen molar-refractivity contribution in [3.8, 4) is 0 Å². The summed E-state index contributed by atoms with van der Waals surface area (Å²) in [5.74, 6) is 5.08. The summed E-state index contributed by atoms with van der Waals surface area (Å²) >= 11 is 3.39. The predicted molar refractivity (Wildman–Crippen MR) is 72.3 cm³/mol. The largest absolute Gasteiger partial charge is 0.311 e. The molecular formula is C12H14BrN3O2. The Labute approximate surface area is 113 Å². The van der Waals surface area contributed by atoms with Crippen molar-refractivity contribution in [2.24, 2.45) is 11.8 Å². The first kappa shape index (κ1) is 13.0. The molecule has 1 fully saturated rings. The van der Waals surface area contributed by atoms with Crippen LogP contribution < -0.4 is 16.2 Å². The fourth-order valence-corrected chi connectivity index (χ4v) is 2.53. The summed E-state index contributed by atoms with van der Waals surface area (Å²) in [6.45, 7) is 0.624. The molecule has 1 aromatic carbocycles. The number of benzene rings is 1. The topological polar surface area (TPSA) is 75.4 Å². The number of hydrogen-bond acceptors (Lipinski definition) is 3. The number of anilines is 1. The molecule has 1 aliphatic heterocycles. The Balaban J connectivity index is 2.34. The molecule has 2 amide bonds. The molecule has 3 N–H and O–H groups in total. The zero-order valence-electron chi connectivity index (χ0n) is 9.73. The van der Waals surface area contributed by atoms with E-state index in [1.807, 2.05) is 0 Å². The molecule has 1 heterocycles. The van der Waals surface area contributed by atoms with Crippen LogP contribution >= 0.6 is 15.9 Å². The Morgan fingerprint density at radius 1 is 1.50 bits per heavy atom. The second-order valence-corrected chi connectivity index (χ2v) is 4.87. The molecule has 0 spiro atoms. The summed E-state index contributed by atoms with van der Waals surface area (Å²) in [7, 11) is 0. The van der Waals surface area contributed by atoms with Crippen molar-refractivity contribution in [1.82, 2.24) is 5.43 Å². The lowest BCUT2D eigenvalue weighted by Crippen LogP contribution is -2.33. The Morgan fingerprint density at radius 2 is 2.22 bits per heavy atom. The third kappa shape index (κ3) is 2.39. The summed E-state index contributed by atoms with van der Waals surface area (Å²) < 4.78 is 0. The number of halogens is 1. The van der Waals surface area contributed by atoms with Crippen LogP contribution in [0.2, 0.25) is 0 Å². The van der Waals surface area contributed by atoms with Crippen molar-refractivity contribution in [2.45, 2.75) is 6.42 Å². The maximum Gasteiger partial charge on any atom is 0.267 e. The van der Waals surface area contributed by atoms with Crippen molar-refractivity contribution in [3.05, 3.63) is 29.8 Å². The van der Waals surface area contributed by atoms with E-state index in [1.54, 1.807) is 29.2 Å². The molecule has 96 valence electrons. The summed E-state index contributed by atoms with van der Waals surface area (Å²) in [5.41, 5.74) is 3.14. The van der Waals surface area contributed by atoms with Crippen molar-refractivity contribution in [3.63, 3.8) is 0 Å². The molecule has 0 radical (unpaired) electrons. The average molecular weight is 312 g/mol. The number of para-hydroxylation sites is 1. The highest BCUT2D eigenvalue weighted by molar-refractivity contribution is 9.09.